The van der Waals surface area contributed by atoms with E-state index in [2.05, 4.69) is 15.2 Å². The van der Waals surface area contributed by atoms with Crippen molar-refractivity contribution in [2.45, 2.75) is 19.7 Å². The number of fused-ring (bicyclic) bond motifs is 1. The zero-order valence-electron chi connectivity index (χ0n) is 15.8. The van der Waals surface area contributed by atoms with Gasteiger partial charge in [0.1, 0.15) is 23.1 Å². The number of hydrogen-bond donors (Lipinski definition) is 1. The lowest BCUT2D eigenvalue weighted by Crippen LogP contribution is -2.40. The van der Waals surface area contributed by atoms with Crippen molar-refractivity contribution in [3.05, 3.63) is 70.5 Å². The smallest absolute Gasteiger partial charge is 0.387 e. The molecule has 1 aliphatic rings. The van der Waals surface area contributed by atoms with Crippen molar-refractivity contribution in [1.29, 1.82) is 0 Å². The highest BCUT2D eigenvalue weighted by molar-refractivity contribution is 6.30. The molecule has 1 aliphatic heterocycles. The second kappa shape index (κ2) is 8.46. The number of ether oxygens (including phenoxy) is 1. The first kappa shape index (κ1) is 21.0. The maximum Gasteiger partial charge on any atom is 0.387 e. The first-order valence-corrected chi connectivity index (χ1v) is 9.51. The number of nitrogens with zero attached hydrogens (tertiary/aromatic N) is 3. The lowest BCUT2D eigenvalue weighted by molar-refractivity contribution is -0.0499. The molecule has 2 heterocycles. The summed E-state index contributed by atoms with van der Waals surface area (Å²) < 4.78 is 58.4. The summed E-state index contributed by atoms with van der Waals surface area (Å²) >= 11 is 5.77. The van der Waals surface area contributed by atoms with Gasteiger partial charge in [-0.2, -0.15) is 13.9 Å². The quantitative estimate of drug-likeness (QED) is 0.549. The predicted octanol–water partition coefficient (Wildman–Crippen LogP) is 4.69. The molecule has 0 aliphatic carbocycles. The van der Waals surface area contributed by atoms with Crippen LogP contribution in [0.4, 0.5) is 28.9 Å². The van der Waals surface area contributed by atoms with Crippen LogP contribution in [-0.4, -0.2) is 28.8 Å². The average Bonchev–Trinajstić information content (AvgIpc) is 3.12. The fraction of sp³-hybridized carbons (Fsp3) is 0.200. The fourth-order valence-electron chi connectivity index (χ4n) is 3.26. The van der Waals surface area contributed by atoms with E-state index < -0.39 is 24.2 Å². The molecule has 0 bridgehead atoms. The number of rotatable bonds is 6. The number of nitrogens with one attached hydrogen (secondary N) is 1. The largest absolute Gasteiger partial charge is 0.435 e. The minimum absolute atomic E-state index is 0.0591. The molecule has 3 aromatic rings. The van der Waals surface area contributed by atoms with Gasteiger partial charge in [-0.1, -0.05) is 11.6 Å². The molecule has 0 unspecified atom stereocenters. The molecule has 0 radical (unpaired) electrons. The van der Waals surface area contributed by atoms with Crippen LogP contribution in [0.25, 0.3) is 0 Å². The van der Waals surface area contributed by atoms with Crippen LogP contribution in [0.2, 0.25) is 5.02 Å². The van der Waals surface area contributed by atoms with E-state index >= 15 is 0 Å². The maximum atomic E-state index is 14.2. The molecule has 4 rings (SSSR count). The summed E-state index contributed by atoms with van der Waals surface area (Å²) in [5.74, 6) is -2.10. The molecule has 0 saturated heterocycles. The van der Waals surface area contributed by atoms with Crippen LogP contribution in [-0.2, 0) is 13.1 Å². The standard InChI is InChI=1S/C20H15ClF4N4O2/c21-11-1-4-17(15(23)7-11)28-5-6-29-18(19(28)30)8-12(27-29)10-26-16-3-2-13(9-14(16)22)31-20(24)25/h1-4,7-9,20,26H,5-6,10H2. The molecule has 1 amide bonds. The Hall–Kier alpha value is -3.27. The lowest BCUT2D eigenvalue weighted by Gasteiger charge is -2.27. The van der Waals surface area contributed by atoms with E-state index in [1.165, 1.54) is 39.9 Å². The van der Waals surface area contributed by atoms with Gasteiger partial charge in [-0.3, -0.25) is 9.48 Å². The Kier molecular flexibility index (Phi) is 5.73. The van der Waals surface area contributed by atoms with Gasteiger partial charge in [0.25, 0.3) is 5.91 Å². The van der Waals surface area contributed by atoms with Crippen molar-refractivity contribution in [3.63, 3.8) is 0 Å². The first-order chi connectivity index (χ1) is 14.8. The summed E-state index contributed by atoms with van der Waals surface area (Å²) in [4.78, 5) is 14.1. The van der Waals surface area contributed by atoms with Crippen molar-refractivity contribution in [2.75, 3.05) is 16.8 Å². The summed E-state index contributed by atoms with van der Waals surface area (Å²) in [6.45, 7) is -2.40. The van der Waals surface area contributed by atoms with Crippen molar-refractivity contribution in [3.8, 4) is 5.75 Å². The van der Waals surface area contributed by atoms with Crippen molar-refractivity contribution in [2.24, 2.45) is 0 Å². The van der Waals surface area contributed by atoms with E-state index in [1.54, 1.807) is 0 Å². The second-order valence-electron chi connectivity index (χ2n) is 6.67. The summed E-state index contributed by atoms with van der Waals surface area (Å²) in [6, 6.07) is 8.92. The zero-order valence-corrected chi connectivity index (χ0v) is 16.5. The van der Waals surface area contributed by atoms with Gasteiger partial charge in [-0.25, -0.2) is 8.78 Å². The Morgan fingerprint density at radius 2 is 1.90 bits per heavy atom. The van der Waals surface area contributed by atoms with Crippen LogP contribution in [0.15, 0.2) is 42.5 Å². The van der Waals surface area contributed by atoms with Gasteiger partial charge in [-0.05, 0) is 36.4 Å². The van der Waals surface area contributed by atoms with E-state index in [-0.39, 0.29) is 40.9 Å². The molecule has 31 heavy (non-hydrogen) atoms. The highest BCUT2D eigenvalue weighted by Crippen LogP contribution is 2.27. The molecule has 0 fully saturated rings. The minimum Gasteiger partial charge on any atom is -0.435 e. The summed E-state index contributed by atoms with van der Waals surface area (Å²) in [5, 5.41) is 7.34. The van der Waals surface area contributed by atoms with Crippen molar-refractivity contribution in [1.82, 2.24) is 9.78 Å². The van der Waals surface area contributed by atoms with Gasteiger partial charge in [0.15, 0.2) is 0 Å². The second-order valence-corrected chi connectivity index (χ2v) is 7.11. The molecule has 11 heteroatoms. The van der Waals surface area contributed by atoms with E-state index in [1.807, 2.05) is 0 Å². The van der Waals surface area contributed by atoms with Crippen LogP contribution in [0, 0.1) is 11.6 Å². The number of carbonyl (C=O) groups is 1. The molecular formula is C20H15ClF4N4O2. The number of benzene rings is 2. The van der Waals surface area contributed by atoms with Gasteiger partial charge in [0.2, 0.25) is 0 Å². The number of carbonyl (C=O) groups excluding carboxylic acids is 1. The number of aromatic nitrogens is 2. The third kappa shape index (κ3) is 4.43. The first-order valence-electron chi connectivity index (χ1n) is 9.13. The Balaban J connectivity index is 1.47. The summed E-state index contributed by atoms with van der Waals surface area (Å²) in [5.41, 5.74) is 0.895. The Bertz CT molecular complexity index is 1140. The lowest BCUT2D eigenvalue weighted by atomic mass is 10.2. The number of alkyl halides is 2. The van der Waals surface area contributed by atoms with Crippen molar-refractivity contribution < 1.29 is 27.1 Å². The third-order valence-corrected chi connectivity index (χ3v) is 4.89. The van der Waals surface area contributed by atoms with Crippen LogP contribution in [0.3, 0.4) is 0 Å². The van der Waals surface area contributed by atoms with Crippen LogP contribution >= 0.6 is 11.6 Å². The van der Waals surface area contributed by atoms with Gasteiger partial charge in [0, 0.05) is 17.6 Å². The monoisotopic (exact) mass is 454 g/mol. The maximum absolute atomic E-state index is 14.2. The van der Waals surface area contributed by atoms with E-state index in [4.69, 9.17) is 11.6 Å². The molecule has 0 saturated carbocycles. The SMILES string of the molecule is O=C1c2cc(CNc3ccc(OC(F)F)cc3F)nn2CCN1c1ccc(Cl)cc1F. The molecule has 0 spiro atoms. The highest BCUT2D eigenvalue weighted by atomic mass is 35.5. The minimum atomic E-state index is -3.05. The molecular weight excluding hydrogens is 440 g/mol. The predicted molar refractivity (Wildman–Crippen MR) is 106 cm³/mol. The summed E-state index contributed by atoms with van der Waals surface area (Å²) in [7, 11) is 0. The molecule has 1 N–H and O–H groups in total. The summed E-state index contributed by atoms with van der Waals surface area (Å²) in [6.07, 6.45) is 0. The molecule has 0 atom stereocenters. The average molecular weight is 455 g/mol. The van der Waals surface area contributed by atoms with Crippen molar-refractivity contribution >= 4 is 28.9 Å². The molecule has 2 aromatic carbocycles. The number of anilines is 2. The molecule has 162 valence electrons. The number of amides is 1. The zero-order chi connectivity index (χ0) is 22.1. The van der Waals surface area contributed by atoms with Gasteiger partial charge < -0.3 is 15.0 Å². The van der Waals surface area contributed by atoms with E-state index in [9.17, 15) is 22.4 Å². The van der Waals surface area contributed by atoms with E-state index in [0.717, 1.165) is 12.1 Å². The normalized spacial score (nSPS) is 13.5. The van der Waals surface area contributed by atoms with Crippen LogP contribution in [0.5, 0.6) is 5.75 Å². The fourth-order valence-corrected chi connectivity index (χ4v) is 3.42. The Labute approximate surface area is 179 Å². The topological polar surface area (TPSA) is 59.4 Å². The number of hydrogen-bond acceptors (Lipinski definition) is 4. The van der Waals surface area contributed by atoms with E-state index in [0.29, 0.717) is 12.2 Å². The van der Waals surface area contributed by atoms with Gasteiger partial charge in [-0.15, -0.1) is 0 Å². The van der Waals surface area contributed by atoms with Crippen LogP contribution in [0.1, 0.15) is 16.2 Å². The molecule has 6 nitrogen and oxygen atoms in total. The third-order valence-electron chi connectivity index (χ3n) is 4.66. The Morgan fingerprint density at radius 1 is 1.10 bits per heavy atom. The number of halogens is 5. The van der Waals surface area contributed by atoms with Gasteiger partial charge >= 0.3 is 6.61 Å². The van der Waals surface area contributed by atoms with Crippen LogP contribution < -0.4 is 15.0 Å². The van der Waals surface area contributed by atoms with Gasteiger partial charge in [0.05, 0.1) is 30.2 Å². The molecule has 1 aromatic heterocycles. The highest BCUT2D eigenvalue weighted by Gasteiger charge is 2.29. The Morgan fingerprint density at radius 3 is 2.61 bits per heavy atom.